The predicted molar refractivity (Wildman–Crippen MR) is 98.5 cm³/mol. The number of hydrogen-bond acceptors (Lipinski definition) is 5. The van der Waals surface area contributed by atoms with Crippen LogP contribution in [0.25, 0.3) is 0 Å². The standard InChI is InChI=1S/C19H21NO5S/c1-19(2)11-13-6-4-9-16(18(13)25-19)24-12-17(21)20-14-7-5-8-15(10-14)26(3,22)23/h4-10H,11-12H2,1-3H3,(H,20,21). The van der Waals surface area contributed by atoms with Crippen LogP contribution in [0.2, 0.25) is 0 Å². The lowest BCUT2D eigenvalue weighted by Crippen LogP contribution is -2.25. The number of sulfone groups is 1. The number of rotatable bonds is 5. The Labute approximate surface area is 153 Å². The smallest absolute Gasteiger partial charge is 0.262 e. The van der Waals surface area contributed by atoms with Crippen LogP contribution in [0.3, 0.4) is 0 Å². The third-order valence-corrected chi connectivity index (χ3v) is 5.07. The summed E-state index contributed by atoms with van der Waals surface area (Å²) in [5, 5.41) is 2.64. The summed E-state index contributed by atoms with van der Waals surface area (Å²) in [5.74, 6) is 0.808. The Morgan fingerprint density at radius 3 is 2.69 bits per heavy atom. The van der Waals surface area contributed by atoms with Crippen LogP contribution >= 0.6 is 0 Å². The molecule has 138 valence electrons. The van der Waals surface area contributed by atoms with Gasteiger partial charge in [0.15, 0.2) is 27.9 Å². The number of para-hydroxylation sites is 1. The van der Waals surface area contributed by atoms with Gasteiger partial charge in [-0.2, -0.15) is 0 Å². The maximum Gasteiger partial charge on any atom is 0.262 e. The summed E-state index contributed by atoms with van der Waals surface area (Å²) in [6.07, 6.45) is 1.90. The third-order valence-electron chi connectivity index (χ3n) is 3.96. The Morgan fingerprint density at radius 1 is 1.23 bits per heavy atom. The summed E-state index contributed by atoms with van der Waals surface area (Å²) in [4.78, 5) is 12.3. The predicted octanol–water partition coefficient (Wildman–Crippen LogP) is 2.82. The van der Waals surface area contributed by atoms with E-state index >= 15 is 0 Å². The highest BCUT2D eigenvalue weighted by molar-refractivity contribution is 7.90. The fraction of sp³-hybridized carbons (Fsp3) is 0.316. The molecule has 0 saturated heterocycles. The molecule has 0 fully saturated rings. The van der Waals surface area contributed by atoms with Gasteiger partial charge in [-0.3, -0.25) is 4.79 Å². The number of fused-ring (bicyclic) bond motifs is 1. The number of carbonyl (C=O) groups excluding carboxylic acids is 1. The van der Waals surface area contributed by atoms with Gasteiger partial charge >= 0.3 is 0 Å². The molecule has 0 bridgehead atoms. The fourth-order valence-corrected chi connectivity index (χ4v) is 3.51. The van der Waals surface area contributed by atoms with Gasteiger partial charge in [0, 0.05) is 23.9 Å². The highest BCUT2D eigenvalue weighted by Gasteiger charge is 2.32. The molecule has 0 aromatic heterocycles. The lowest BCUT2D eigenvalue weighted by molar-refractivity contribution is -0.118. The minimum Gasteiger partial charge on any atom is -0.483 e. The number of nitrogens with one attached hydrogen (secondary N) is 1. The van der Waals surface area contributed by atoms with E-state index in [1.54, 1.807) is 18.2 Å². The second-order valence-electron chi connectivity index (χ2n) is 6.92. The summed E-state index contributed by atoms with van der Waals surface area (Å²) < 4.78 is 34.7. The lowest BCUT2D eigenvalue weighted by atomic mass is 10.0. The van der Waals surface area contributed by atoms with Crippen molar-refractivity contribution in [3.05, 3.63) is 48.0 Å². The Balaban J connectivity index is 1.66. The van der Waals surface area contributed by atoms with Gasteiger partial charge in [-0.1, -0.05) is 18.2 Å². The highest BCUT2D eigenvalue weighted by atomic mass is 32.2. The van der Waals surface area contributed by atoms with Crippen LogP contribution in [-0.2, 0) is 21.1 Å². The number of hydrogen-bond donors (Lipinski definition) is 1. The van der Waals surface area contributed by atoms with E-state index < -0.39 is 9.84 Å². The first kappa shape index (κ1) is 18.3. The van der Waals surface area contributed by atoms with Crippen molar-refractivity contribution < 1.29 is 22.7 Å². The fourth-order valence-electron chi connectivity index (χ4n) is 2.85. The number of amides is 1. The molecule has 0 spiro atoms. The van der Waals surface area contributed by atoms with E-state index in [-0.39, 0.29) is 23.0 Å². The van der Waals surface area contributed by atoms with Crippen LogP contribution < -0.4 is 14.8 Å². The summed E-state index contributed by atoms with van der Waals surface area (Å²) in [6, 6.07) is 11.7. The van der Waals surface area contributed by atoms with E-state index in [2.05, 4.69) is 5.32 Å². The molecular formula is C19H21NO5S. The van der Waals surface area contributed by atoms with E-state index in [1.165, 1.54) is 12.1 Å². The van der Waals surface area contributed by atoms with Gasteiger partial charge in [-0.05, 0) is 38.1 Å². The van der Waals surface area contributed by atoms with Gasteiger partial charge in [0.05, 0.1) is 4.90 Å². The zero-order valence-corrected chi connectivity index (χ0v) is 15.7. The molecule has 1 heterocycles. The molecule has 1 N–H and O–H groups in total. The van der Waals surface area contributed by atoms with Gasteiger partial charge in [0.25, 0.3) is 5.91 Å². The minimum atomic E-state index is -3.33. The third kappa shape index (κ3) is 4.16. The summed E-state index contributed by atoms with van der Waals surface area (Å²) in [5.41, 5.74) is 1.15. The van der Waals surface area contributed by atoms with Crippen LogP contribution in [0.5, 0.6) is 11.5 Å². The molecule has 1 aliphatic rings. The van der Waals surface area contributed by atoms with Crippen molar-refractivity contribution in [2.45, 2.75) is 30.8 Å². The average Bonchev–Trinajstić information content (AvgIpc) is 2.86. The minimum absolute atomic E-state index is 0.146. The van der Waals surface area contributed by atoms with Crippen molar-refractivity contribution in [1.82, 2.24) is 0 Å². The van der Waals surface area contributed by atoms with Crippen molar-refractivity contribution >= 4 is 21.4 Å². The molecule has 0 saturated carbocycles. The zero-order chi connectivity index (χ0) is 18.9. The van der Waals surface area contributed by atoms with Crippen LogP contribution in [0.1, 0.15) is 19.4 Å². The van der Waals surface area contributed by atoms with E-state index in [1.807, 2.05) is 26.0 Å². The molecule has 26 heavy (non-hydrogen) atoms. The summed E-state index contributed by atoms with van der Waals surface area (Å²) in [6.45, 7) is 3.79. The second-order valence-corrected chi connectivity index (χ2v) is 8.94. The van der Waals surface area contributed by atoms with Gasteiger partial charge in [0.1, 0.15) is 5.60 Å². The molecule has 0 unspecified atom stereocenters. The molecular weight excluding hydrogens is 354 g/mol. The van der Waals surface area contributed by atoms with Gasteiger partial charge in [-0.25, -0.2) is 8.42 Å². The van der Waals surface area contributed by atoms with Crippen molar-refractivity contribution in [2.24, 2.45) is 0 Å². The molecule has 0 radical (unpaired) electrons. The van der Waals surface area contributed by atoms with E-state index in [9.17, 15) is 13.2 Å². The molecule has 2 aromatic carbocycles. The van der Waals surface area contributed by atoms with Crippen LogP contribution in [0, 0.1) is 0 Å². The molecule has 3 rings (SSSR count). The topological polar surface area (TPSA) is 81.7 Å². The van der Waals surface area contributed by atoms with Crippen molar-refractivity contribution in [2.75, 3.05) is 18.2 Å². The Hall–Kier alpha value is -2.54. The van der Waals surface area contributed by atoms with Gasteiger partial charge in [0.2, 0.25) is 0 Å². The van der Waals surface area contributed by atoms with Gasteiger partial charge < -0.3 is 14.8 Å². The van der Waals surface area contributed by atoms with E-state index in [4.69, 9.17) is 9.47 Å². The number of anilines is 1. The monoisotopic (exact) mass is 375 g/mol. The van der Waals surface area contributed by atoms with Crippen LogP contribution in [-0.4, -0.2) is 32.8 Å². The Morgan fingerprint density at radius 2 is 1.96 bits per heavy atom. The normalized spacial score (nSPS) is 15.0. The molecule has 1 aliphatic heterocycles. The zero-order valence-electron chi connectivity index (χ0n) is 14.9. The van der Waals surface area contributed by atoms with Crippen LogP contribution in [0.4, 0.5) is 5.69 Å². The highest BCUT2D eigenvalue weighted by Crippen LogP contribution is 2.41. The molecule has 0 atom stereocenters. The molecule has 0 aliphatic carbocycles. The Bertz CT molecular complexity index is 950. The first-order valence-electron chi connectivity index (χ1n) is 8.18. The van der Waals surface area contributed by atoms with E-state index in [0.29, 0.717) is 17.2 Å². The van der Waals surface area contributed by atoms with Crippen molar-refractivity contribution in [3.63, 3.8) is 0 Å². The SMILES string of the molecule is CC1(C)Cc2cccc(OCC(=O)Nc3cccc(S(C)(=O)=O)c3)c2O1. The first-order chi connectivity index (χ1) is 12.1. The first-order valence-corrected chi connectivity index (χ1v) is 10.1. The van der Waals surface area contributed by atoms with E-state index in [0.717, 1.165) is 18.2 Å². The van der Waals surface area contributed by atoms with Crippen LogP contribution in [0.15, 0.2) is 47.4 Å². The summed E-state index contributed by atoms with van der Waals surface area (Å²) in [7, 11) is -3.33. The molecule has 6 nitrogen and oxygen atoms in total. The second kappa shape index (κ2) is 6.64. The maximum atomic E-state index is 12.1. The van der Waals surface area contributed by atoms with Gasteiger partial charge in [-0.15, -0.1) is 0 Å². The van der Waals surface area contributed by atoms with Crippen molar-refractivity contribution in [3.8, 4) is 11.5 Å². The maximum absolute atomic E-state index is 12.1. The number of carbonyl (C=O) groups is 1. The molecule has 1 amide bonds. The number of benzene rings is 2. The van der Waals surface area contributed by atoms with Crippen molar-refractivity contribution in [1.29, 1.82) is 0 Å². The molecule has 2 aromatic rings. The Kier molecular flexibility index (Phi) is 4.66. The average molecular weight is 375 g/mol. The summed E-state index contributed by atoms with van der Waals surface area (Å²) >= 11 is 0. The quantitative estimate of drug-likeness (QED) is 0.869. The molecule has 7 heteroatoms. The lowest BCUT2D eigenvalue weighted by Gasteiger charge is -2.18. The number of ether oxygens (including phenoxy) is 2. The largest absolute Gasteiger partial charge is 0.483 e.